The Hall–Kier alpha value is -0.770. The summed E-state index contributed by atoms with van der Waals surface area (Å²) in [4.78, 5) is 2.29. The first kappa shape index (κ1) is 13.2. The van der Waals surface area contributed by atoms with Crippen LogP contribution in [0.5, 0.6) is 0 Å². The molecule has 0 rings (SSSR count). The first-order valence-corrected chi connectivity index (χ1v) is 5.25. The normalized spacial score (nSPS) is 15.1. The predicted octanol–water partition coefficient (Wildman–Crippen LogP) is 1.63. The third kappa shape index (κ3) is 3.96. The van der Waals surface area contributed by atoms with Gasteiger partial charge < -0.3 is 15.8 Å². The SMILES string of the molecule is CCC(CC)N(C)C(C)CC(N)=NO. The van der Waals surface area contributed by atoms with Gasteiger partial charge in [-0.2, -0.15) is 0 Å². The summed E-state index contributed by atoms with van der Waals surface area (Å²) >= 11 is 0. The van der Waals surface area contributed by atoms with Crippen LogP contribution in [-0.2, 0) is 0 Å². The summed E-state index contributed by atoms with van der Waals surface area (Å²) < 4.78 is 0. The number of oxime groups is 1. The average Bonchev–Trinajstić information content (AvgIpc) is 2.19. The molecule has 1 atom stereocenters. The van der Waals surface area contributed by atoms with E-state index >= 15 is 0 Å². The summed E-state index contributed by atoms with van der Waals surface area (Å²) in [5, 5.41) is 11.5. The molecular formula is C10H23N3O. The molecule has 0 aliphatic heterocycles. The van der Waals surface area contributed by atoms with Crippen LogP contribution in [0.3, 0.4) is 0 Å². The van der Waals surface area contributed by atoms with Gasteiger partial charge in [0.25, 0.3) is 0 Å². The van der Waals surface area contributed by atoms with Crippen molar-refractivity contribution >= 4 is 5.84 Å². The molecule has 0 fully saturated rings. The van der Waals surface area contributed by atoms with Crippen molar-refractivity contribution in [3.8, 4) is 0 Å². The van der Waals surface area contributed by atoms with Gasteiger partial charge in [0.15, 0.2) is 0 Å². The lowest BCUT2D eigenvalue weighted by atomic mass is 10.1. The summed E-state index contributed by atoms with van der Waals surface area (Å²) in [6.45, 7) is 6.46. The van der Waals surface area contributed by atoms with Crippen molar-refractivity contribution < 1.29 is 5.21 Å². The zero-order valence-electron chi connectivity index (χ0n) is 9.70. The molecule has 4 nitrogen and oxygen atoms in total. The Kier molecular flexibility index (Phi) is 6.28. The van der Waals surface area contributed by atoms with E-state index in [1.54, 1.807) is 0 Å². The fourth-order valence-corrected chi connectivity index (χ4v) is 1.71. The van der Waals surface area contributed by atoms with Gasteiger partial charge in [-0.3, -0.25) is 0 Å². The molecule has 14 heavy (non-hydrogen) atoms. The molecule has 84 valence electrons. The second-order valence-corrected chi connectivity index (χ2v) is 3.78. The van der Waals surface area contributed by atoms with E-state index in [0.717, 1.165) is 12.8 Å². The highest BCUT2D eigenvalue weighted by Crippen LogP contribution is 2.11. The molecule has 4 heteroatoms. The van der Waals surface area contributed by atoms with Crippen molar-refractivity contribution in [1.29, 1.82) is 0 Å². The van der Waals surface area contributed by atoms with E-state index in [1.165, 1.54) is 0 Å². The zero-order valence-corrected chi connectivity index (χ0v) is 9.70. The largest absolute Gasteiger partial charge is 0.409 e. The molecule has 1 unspecified atom stereocenters. The van der Waals surface area contributed by atoms with E-state index in [1.807, 2.05) is 0 Å². The van der Waals surface area contributed by atoms with Crippen LogP contribution < -0.4 is 5.73 Å². The van der Waals surface area contributed by atoms with Gasteiger partial charge in [-0.1, -0.05) is 19.0 Å². The van der Waals surface area contributed by atoms with E-state index < -0.39 is 0 Å². The second-order valence-electron chi connectivity index (χ2n) is 3.78. The van der Waals surface area contributed by atoms with Crippen LogP contribution in [0.15, 0.2) is 5.16 Å². The van der Waals surface area contributed by atoms with Gasteiger partial charge in [-0.05, 0) is 26.8 Å². The Morgan fingerprint density at radius 2 is 1.93 bits per heavy atom. The van der Waals surface area contributed by atoms with Gasteiger partial charge in [0.2, 0.25) is 0 Å². The van der Waals surface area contributed by atoms with Crippen LogP contribution in [0.2, 0.25) is 0 Å². The Labute approximate surface area is 86.8 Å². The maximum absolute atomic E-state index is 8.46. The highest BCUT2D eigenvalue weighted by molar-refractivity contribution is 5.80. The monoisotopic (exact) mass is 201 g/mol. The van der Waals surface area contributed by atoms with Crippen molar-refractivity contribution in [1.82, 2.24) is 4.90 Å². The highest BCUT2D eigenvalue weighted by Gasteiger charge is 2.17. The van der Waals surface area contributed by atoms with Crippen molar-refractivity contribution in [3.05, 3.63) is 0 Å². The van der Waals surface area contributed by atoms with E-state index in [9.17, 15) is 0 Å². The van der Waals surface area contributed by atoms with Gasteiger partial charge in [0.1, 0.15) is 5.84 Å². The number of rotatable bonds is 6. The fraction of sp³-hybridized carbons (Fsp3) is 0.900. The lowest BCUT2D eigenvalue weighted by molar-refractivity contribution is 0.176. The van der Waals surface area contributed by atoms with Crippen molar-refractivity contribution in [2.75, 3.05) is 7.05 Å². The molecule has 0 aromatic carbocycles. The van der Waals surface area contributed by atoms with Crippen LogP contribution in [0.25, 0.3) is 0 Å². The molecule has 0 heterocycles. The minimum absolute atomic E-state index is 0.301. The summed E-state index contributed by atoms with van der Waals surface area (Å²) in [5.74, 6) is 0.301. The Balaban J connectivity index is 4.15. The van der Waals surface area contributed by atoms with E-state index in [4.69, 9.17) is 10.9 Å². The number of nitrogens with two attached hydrogens (primary N) is 1. The van der Waals surface area contributed by atoms with Crippen LogP contribution >= 0.6 is 0 Å². The molecule has 0 aromatic rings. The molecule has 0 aliphatic rings. The standard InChI is InChI=1S/C10H23N3O/c1-5-9(6-2)13(4)8(3)7-10(11)12-14/h8-9,14H,5-7H2,1-4H3,(H2,11,12). The maximum Gasteiger partial charge on any atom is 0.140 e. The van der Waals surface area contributed by atoms with Gasteiger partial charge in [0, 0.05) is 18.5 Å². The quantitative estimate of drug-likeness (QED) is 0.297. The summed E-state index contributed by atoms with van der Waals surface area (Å²) in [6.07, 6.45) is 2.88. The number of hydrogen-bond donors (Lipinski definition) is 2. The van der Waals surface area contributed by atoms with Crippen LogP contribution in [0.4, 0.5) is 0 Å². The highest BCUT2D eigenvalue weighted by atomic mass is 16.4. The van der Waals surface area contributed by atoms with Crippen molar-refractivity contribution in [3.63, 3.8) is 0 Å². The summed E-state index contributed by atoms with van der Waals surface area (Å²) in [6, 6.07) is 0.896. The van der Waals surface area contributed by atoms with Crippen LogP contribution in [-0.4, -0.2) is 35.1 Å². The Morgan fingerprint density at radius 1 is 1.43 bits per heavy atom. The minimum atomic E-state index is 0.301. The molecular weight excluding hydrogens is 178 g/mol. The molecule has 0 amide bonds. The minimum Gasteiger partial charge on any atom is -0.409 e. The molecule has 0 aromatic heterocycles. The van der Waals surface area contributed by atoms with Gasteiger partial charge in [-0.25, -0.2) is 0 Å². The zero-order chi connectivity index (χ0) is 11.1. The Bertz CT molecular complexity index is 178. The number of nitrogens with zero attached hydrogens (tertiary/aromatic N) is 2. The molecule has 0 aliphatic carbocycles. The average molecular weight is 201 g/mol. The van der Waals surface area contributed by atoms with Gasteiger partial charge in [0.05, 0.1) is 0 Å². The molecule has 0 bridgehead atoms. The molecule has 0 spiro atoms. The second kappa shape index (κ2) is 6.65. The van der Waals surface area contributed by atoms with E-state index in [2.05, 4.69) is 37.9 Å². The number of amidine groups is 1. The summed E-state index contributed by atoms with van der Waals surface area (Å²) in [5.41, 5.74) is 5.47. The molecule has 3 N–H and O–H groups in total. The van der Waals surface area contributed by atoms with Gasteiger partial charge in [-0.15, -0.1) is 0 Å². The van der Waals surface area contributed by atoms with Crippen LogP contribution in [0.1, 0.15) is 40.0 Å². The predicted molar refractivity (Wildman–Crippen MR) is 59.6 cm³/mol. The van der Waals surface area contributed by atoms with Crippen LogP contribution in [0, 0.1) is 0 Å². The molecule has 0 radical (unpaired) electrons. The van der Waals surface area contributed by atoms with Crippen molar-refractivity contribution in [2.24, 2.45) is 10.9 Å². The summed E-state index contributed by atoms with van der Waals surface area (Å²) in [7, 11) is 2.09. The molecule has 0 saturated heterocycles. The fourth-order valence-electron chi connectivity index (χ4n) is 1.71. The maximum atomic E-state index is 8.46. The lowest BCUT2D eigenvalue weighted by Gasteiger charge is -2.31. The topological polar surface area (TPSA) is 61.8 Å². The first-order valence-electron chi connectivity index (χ1n) is 5.25. The third-order valence-corrected chi connectivity index (χ3v) is 2.85. The lowest BCUT2D eigenvalue weighted by Crippen LogP contribution is -2.40. The number of hydrogen-bond acceptors (Lipinski definition) is 3. The van der Waals surface area contributed by atoms with E-state index in [-0.39, 0.29) is 0 Å². The van der Waals surface area contributed by atoms with Gasteiger partial charge >= 0.3 is 0 Å². The first-order chi connectivity index (χ1) is 6.56. The molecule has 0 saturated carbocycles. The third-order valence-electron chi connectivity index (χ3n) is 2.85. The Morgan fingerprint density at radius 3 is 2.29 bits per heavy atom. The van der Waals surface area contributed by atoms with Crippen molar-refractivity contribution in [2.45, 2.75) is 52.1 Å². The van der Waals surface area contributed by atoms with E-state index in [0.29, 0.717) is 24.3 Å². The smallest absolute Gasteiger partial charge is 0.140 e.